The Bertz CT molecular complexity index is 373. The monoisotopic (exact) mass is 261 g/mol. The van der Waals surface area contributed by atoms with Gasteiger partial charge in [0.2, 0.25) is 0 Å². The van der Waals surface area contributed by atoms with E-state index in [1.165, 1.54) is 36.8 Å². The zero-order valence-corrected chi connectivity index (χ0v) is 12.5. The molecule has 106 valence electrons. The summed E-state index contributed by atoms with van der Waals surface area (Å²) in [4.78, 5) is 0. The van der Waals surface area contributed by atoms with Crippen molar-refractivity contribution in [2.75, 3.05) is 7.05 Å². The number of likely N-dealkylation sites (N-methyl/N-ethyl adjacent to an activating group) is 1. The first-order valence-corrected chi connectivity index (χ1v) is 7.66. The number of rotatable bonds is 6. The number of nitrogens with one attached hydrogen (secondary N) is 1. The zero-order chi connectivity index (χ0) is 13.7. The Morgan fingerprint density at radius 1 is 1.26 bits per heavy atom. The molecule has 1 aliphatic heterocycles. The predicted molar refractivity (Wildman–Crippen MR) is 80.4 cm³/mol. The van der Waals surface area contributed by atoms with Crippen LogP contribution in [0.15, 0.2) is 24.3 Å². The fourth-order valence-electron chi connectivity index (χ4n) is 2.92. The number of ether oxygens (including phenoxy) is 1. The van der Waals surface area contributed by atoms with Gasteiger partial charge in [0.1, 0.15) is 0 Å². The molecule has 1 saturated heterocycles. The SMILES string of the molecule is CCCCc1ccc(C(NC)C2CCC(C)O2)cc1. The van der Waals surface area contributed by atoms with E-state index in [9.17, 15) is 0 Å². The predicted octanol–water partition coefficient (Wildman–Crippen LogP) is 3.86. The maximum atomic E-state index is 6.00. The third-order valence-corrected chi connectivity index (χ3v) is 4.11. The van der Waals surface area contributed by atoms with Crippen LogP contribution in [0, 0.1) is 0 Å². The van der Waals surface area contributed by atoms with Gasteiger partial charge in [-0.25, -0.2) is 0 Å². The second-order valence-electron chi connectivity index (χ2n) is 5.67. The molecule has 0 saturated carbocycles. The van der Waals surface area contributed by atoms with Crippen molar-refractivity contribution in [2.45, 2.75) is 64.2 Å². The minimum absolute atomic E-state index is 0.321. The Hall–Kier alpha value is -0.860. The Morgan fingerprint density at radius 3 is 2.53 bits per heavy atom. The van der Waals surface area contributed by atoms with Gasteiger partial charge >= 0.3 is 0 Å². The van der Waals surface area contributed by atoms with Gasteiger partial charge in [0, 0.05) is 0 Å². The van der Waals surface area contributed by atoms with Crippen molar-refractivity contribution in [1.29, 1.82) is 0 Å². The van der Waals surface area contributed by atoms with Gasteiger partial charge in [0.25, 0.3) is 0 Å². The van der Waals surface area contributed by atoms with Crippen LogP contribution in [0.4, 0.5) is 0 Å². The maximum Gasteiger partial charge on any atom is 0.0774 e. The highest BCUT2D eigenvalue weighted by atomic mass is 16.5. The normalized spacial score (nSPS) is 24.6. The third-order valence-electron chi connectivity index (χ3n) is 4.11. The van der Waals surface area contributed by atoms with Crippen LogP contribution in [0.5, 0.6) is 0 Å². The van der Waals surface area contributed by atoms with Crippen LogP contribution >= 0.6 is 0 Å². The van der Waals surface area contributed by atoms with E-state index in [0.29, 0.717) is 18.2 Å². The van der Waals surface area contributed by atoms with Crippen molar-refractivity contribution in [2.24, 2.45) is 0 Å². The van der Waals surface area contributed by atoms with Crippen molar-refractivity contribution in [3.8, 4) is 0 Å². The number of benzene rings is 1. The summed E-state index contributed by atoms with van der Waals surface area (Å²) >= 11 is 0. The first-order valence-electron chi connectivity index (χ1n) is 7.66. The largest absolute Gasteiger partial charge is 0.373 e. The van der Waals surface area contributed by atoms with E-state index in [1.54, 1.807) is 0 Å². The van der Waals surface area contributed by atoms with E-state index in [4.69, 9.17) is 4.74 Å². The molecular weight excluding hydrogens is 234 g/mol. The lowest BCUT2D eigenvalue weighted by Gasteiger charge is -2.23. The van der Waals surface area contributed by atoms with Crippen molar-refractivity contribution in [3.63, 3.8) is 0 Å². The highest BCUT2D eigenvalue weighted by Gasteiger charge is 2.29. The quantitative estimate of drug-likeness (QED) is 0.839. The molecule has 3 unspecified atom stereocenters. The fraction of sp³-hybridized carbons (Fsp3) is 0.647. The molecule has 0 aliphatic carbocycles. The van der Waals surface area contributed by atoms with Crippen molar-refractivity contribution in [3.05, 3.63) is 35.4 Å². The van der Waals surface area contributed by atoms with Crippen LogP contribution in [0.3, 0.4) is 0 Å². The zero-order valence-electron chi connectivity index (χ0n) is 12.5. The Morgan fingerprint density at radius 2 is 2.00 bits per heavy atom. The lowest BCUT2D eigenvalue weighted by Crippen LogP contribution is -2.29. The van der Waals surface area contributed by atoms with E-state index in [-0.39, 0.29) is 0 Å². The molecule has 2 heteroatoms. The van der Waals surface area contributed by atoms with Crippen LogP contribution in [0.1, 0.15) is 56.7 Å². The molecule has 0 bridgehead atoms. The lowest BCUT2D eigenvalue weighted by atomic mass is 9.97. The Kier molecular flexibility index (Phi) is 5.41. The maximum absolute atomic E-state index is 6.00. The van der Waals surface area contributed by atoms with Gasteiger partial charge in [0.05, 0.1) is 18.2 Å². The summed E-state index contributed by atoms with van der Waals surface area (Å²) in [5.74, 6) is 0. The molecule has 2 rings (SSSR count). The van der Waals surface area contributed by atoms with E-state index in [1.807, 2.05) is 7.05 Å². The Labute approximate surface area is 117 Å². The molecule has 1 N–H and O–H groups in total. The molecule has 3 atom stereocenters. The molecule has 1 aliphatic rings. The number of hydrogen-bond acceptors (Lipinski definition) is 2. The van der Waals surface area contributed by atoms with Gasteiger partial charge in [-0.15, -0.1) is 0 Å². The van der Waals surface area contributed by atoms with Crippen LogP contribution in [-0.2, 0) is 11.2 Å². The summed E-state index contributed by atoms with van der Waals surface area (Å²) in [6.07, 6.45) is 6.79. The lowest BCUT2D eigenvalue weighted by molar-refractivity contribution is 0.0333. The molecule has 0 spiro atoms. The van der Waals surface area contributed by atoms with Crippen LogP contribution < -0.4 is 5.32 Å². The van der Waals surface area contributed by atoms with Crippen molar-refractivity contribution in [1.82, 2.24) is 5.32 Å². The molecule has 2 nitrogen and oxygen atoms in total. The van der Waals surface area contributed by atoms with E-state index < -0.39 is 0 Å². The average molecular weight is 261 g/mol. The molecule has 19 heavy (non-hydrogen) atoms. The van der Waals surface area contributed by atoms with Gasteiger partial charge in [-0.2, -0.15) is 0 Å². The van der Waals surface area contributed by atoms with Crippen LogP contribution in [-0.4, -0.2) is 19.3 Å². The highest BCUT2D eigenvalue weighted by molar-refractivity contribution is 5.26. The standard InChI is InChI=1S/C17H27NO/c1-4-5-6-14-8-10-15(11-9-14)17(18-3)16-12-7-13(2)19-16/h8-11,13,16-18H,4-7,12H2,1-3H3. The summed E-state index contributed by atoms with van der Waals surface area (Å²) in [7, 11) is 2.03. The topological polar surface area (TPSA) is 21.3 Å². The summed E-state index contributed by atoms with van der Waals surface area (Å²) in [6.45, 7) is 4.41. The summed E-state index contributed by atoms with van der Waals surface area (Å²) in [6, 6.07) is 9.39. The molecule has 1 heterocycles. The molecule has 1 fully saturated rings. The average Bonchev–Trinajstić information content (AvgIpc) is 2.85. The molecule has 0 amide bonds. The van der Waals surface area contributed by atoms with Gasteiger partial charge in [-0.05, 0) is 50.8 Å². The van der Waals surface area contributed by atoms with Gasteiger partial charge < -0.3 is 10.1 Å². The van der Waals surface area contributed by atoms with Crippen LogP contribution in [0.2, 0.25) is 0 Å². The number of hydrogen-bond donors (Lipinski definition) is 1. The first-order chi connectivity index (χ1) is 9.24. The number of unbranched alkanes of at least 4 members (excludes halogenated alkanes) is 1. The van der Waals surface area contributed by atoms with Crippen LogP contribution in [0.25, 0.3) is 0 Å². The highest BCUT2D eigenvalue weighted by Crippen LogP contribution is 2.30. The second kappa shape index (κ2) is 7.06. The van der Waals surface area contributed by atoms with Gasteiger partial charge in [-0.3, -0.25) is 0 Å². The van der Waals surface area contributed by atoms with E-state index >= 15 is 0 Å². The van der Waals surface area contributed by atoms with E-state index in [2.05, 4.69) is 43.4 Å². The van der Waals surface area contributed by atoms with E-state index in [0.717, 1.165) is 6.42 Å². The third kappa shape index (κ3) is 3.80. The molecule has 0 aromatic heterocycles. The van der Waals surface area contributed by atoms with Gasteiger partial charge in [-0.1, -0.05) is 37.6 Å². The summed E-state index contributed by atoms with van der Waals surface area (Å²) < 4.78 is 6.00. The molecule has 0 radical (unpaired) electrons. The van der Waals surface area contributed by atoms with Crippen molar-refractivity contribution < 1.29 is 4.74 Å². The fourth-order valence-corrected chi connectivity index (χ4v) is 2.92. The summed E-state index contributed by atoms with van der Waals surface area (Å²) in [5, 5.41) is 3.42. The molecular formula is C17H27NO. The number of aryl methyl sites for hydroxylation is 1. The first kappa shape index (κ1) is 14.5. The minimum atomic E-state index is 0.321. The van der Waals surface area contributed by atoms with Crippen molar-refractivity contribution >= 4 is 0 Å². The van der Waals surface area contributed by atoms with Gasteiger partial charge in [0.15, 0.2) is 0 Å². The minimum Gasteiger partial charge on any atom is -0.373 e. The second-order valence-corrected chi connectivity index (χ2v) is 5.67. The Balaban J connectivity index is 2.02. The summed E-state index contributed by atoms with van der Waals surface area (Å²) in [5.41, 5.74) is 2.79. The smallest absolute Gasteiger partial charge is 0.0774 e. The molecule has 1 aromatic rings. The molecule has 1 aromatic carbocycles.